The number of para-hydroxylation sites is 1. The molecule has 5 heteroatoms. The van der Waals surface area contributed by atoms with Crippen LogP contribution in [0.3, 0.4) is 0 Å². The largest absolute Gasteiger partial charge is 0.505 e. The molecular formula is C18H16N2O3. The van der Waals surface area contributed by atoms with Gasteiger partial charge in [0, 0.05) is 31.1 Å². The Balaban J connectivity index is 1.99. The first-order valence-corrected chi connectivity index (χ1v) is 7.12. The lowest BCUT2D eigenvalue weighted by Gasteiger charge is -2.12. The Morgan fingerprint density at radius 1 is 1.09 bits per heavy atom. The van der Waals surface area contributed by atoms with Crippen molar-refractivity contribution in [3.63, 3.8) is 0 Å². The van der Waals surface area contributed by atoms with Gasteiger partial charge in [-0.2, -0.15) is 0 Å². The van der Waals surface area contributed by atoms with E-state index >= 15 is 0 Å². The van der Waals surface area contributed by atoms with Gasteiger partial charge in [0.1, 0.15) is 11.5 Å². The summed E-state index contributed by atoms with van der Waals surface area (Å²) in [4.78, 5) is 17.5. The molecule has 1 aromatic heterocycles. The standard InChI is InChI=1S/C18H16N2O3/c1-20(2)18(22)16-17(21)15-9-8-14(10-12(15)11-19-16)23-13-6-4-3-5-7-13/h3-11,21H,1-2H3. The van der Waals surface area contributed by atoms with Crippen molar-refractivity contribution in [2.45, 2.75) is 0 Å². The van der Waals surface area contributed by atoms with E-state index in [4.69, 9.17) is 4.74 Å². The third-order valence-electron chi connectivity index (χ3n) is 3.42. The normalized spacial score (nSPS) is 10.5. The molecule has 0 spiro atoms. The molecule has 0 fully saturated rings. The Hall–Kier alpha value is -3.08. The molecule has 0 bridgehead atoms. The van der Waals surface area contributed by atoms with Crippen molar-refractivity contribution >= 4 is 16.7 Å². The molecule has 0 saturated carbocycles. The lowest BCUT2D eigenvalue weighted by atomic mass is 10.1. The van der Waals surface area contributed by atoms with Crippen molar-refractivity contribution in [1.29, 1.82) is 0 Å². The van der Waals surface area contributed by atoms with Gasteiger partial charge >= 0.3 is 0 Å². The zero-order chi connectivity index (χ0) is 16.4. The van der Waals surface area contributed by atoms with Crippen molar-refractivity contribution < 1.29 is 14.6 Å². The number of carbonyl (C=O) groups is 1. The van der Waals surface area contributed by atoms with Crippen molar-refractivity contribution in [3.05, 3.63) is 60.4 Å². The van der Waals surface area contributed by atoms with Gasteiger partial charge in [-0.1, -0.05) is 18.2 Å². The van der Waals surface area contributed by atoms with E-state index in [2.05, 4.69) is 4.98 Å². The third-order valence-corrected chi connectivity index (χ3v) is 3.42. The fraction of sp³-hybridized carbons (Fsp3) is 0.111. The Morgan fingerprint density at radius 2 is 1.83 bits per heavy atom. The first kappa shape index (κ1) is 14.8. The second-order valence-corrected chi connectivity index (χ2v) is 5.32. The number of fused-ring (bicyclic) bond motifs is 1. The second kappa shape index (κ2) is 5.96. The van der Waals surface area contributed by atoms with Crippen LogP contribution in [0.5, 0.6) is 17.2 Å². The van der Waals surface area contributed by atoms with E-state index in [-0.39, 0.29) is 17.4 Å². The molecule has 0 saturated heterocycles. The van der Waals surface area contributed by atoms with Crippen LogP contribution in [0.2, 0.25) is 0 Å². The van der Waals surface area contributed by atoms with Gasteiger partial charge in [0.05, 0.1) is 0 Å². The molecule has 0 unspecified atom stereocenters. The predicted molar refractivity (Wildman–Crippen MR) is 87.9 cm³/mol. The van der Waals surface area contributed by atoms with Gasteiger partial charge in [0.2, 0.25) is 0 Å². The number of ether oxygens (including phenoxy) is 1. The number of hydrogen-bond donors (Lipinski definition) is 1. The summed E-state index contributed by atoms with van der Waals surface area (Å²) in [6.07, 6.45) is 1.56. The number of hydrogen-bond acceptors (Lipinski definition) is 4. The van der Waals surface area contributed by atoms with E-state index < -0.39 is 0 Å². The minimum atomic E-state index is -0.339. The van der Waals surface area contributed by atoms with Gasteiger partial charge < -0.3 is 14.7 Å². The van der Waals surface area contributed by atoms with E-state index in [1.807, 2.05) is 30.3 Å². The SMILES string of the molecule is CN(C)C(=O)c1ncc2cc(Oc3ccccc3)ccc2c1O. The molecule has 0 aliphatic heterocycles. The first-order chi connectivity index (χ1) is 11.1. The molecular weight excluding hydrogens is 292 g/mol. The number of aromatic nitrogens is 1. The lowest BCUT2D eigenvalue weighted by molar-refractivity contribution is 0.0819. The van der Waals surface area contributed by atoms with Crippen LogP contribution in [-0.4, -0.2) is 35.0 Å². The zero-order valence-corrected chi connectivity index (χ0v) is 12.9. The molecule has 0 aliphatic rings. The maximum atomic E-state index is 12.0. The highest BCUT2D eigenvalue weighted by Crippen LogP contribution is 2.31. The van der Waals surface area contributed by atoms with E-state index in [0.717, 1.165) is 5.75 Å². The number of pyridine rings is 1. The molecule has 1 amide bonds. The Kier molecular flexibility index (Phi) is 3.85. The van der Waals surface area contributed by atoms with Crippen molar-refractivity contribution in [2.75, 3.05) is 14.1 Å². The van der Waals surface area contributed by atoms with Crippen molar-refractivity contribution in [3.8, 4) is 17.2 Å². The van der Waals surface area contributed by atoms with E-state index in [9.17, 15) is 9.90 Å². The average Bonchev–Trinajstić information content (AvgIpc) is 2.55. The third kappa shape index (κ3) is 2.94. The molecule has 116 valence electrons. The Bertz CT molecular complexity index is 861. The van der Waals surface area contributed by atoms with Gasteiger partial charge in [-0.05, 0) is 30.3 Å². The van der Waals surface area contributed by atoms with E-state index in [0.29, 0.717) is 16.5 Å². The summed E-state index contributed by atoms with van der Waals surface area (Å²) in [7, 11) is 3.23. The topological polar surface area (TPSA) is 62.7 Å². The number of rotatable bonds is 3. The van der Waals surface area contributed by atoms with Crippen LogP contribution < -0.4 is 4.74 Å². The molecule has 23 heavy (non-hydrogen) atoms. The maximum absolute atomic E-state index is 12.0. The highest BCUT2D eigenvalue weighted by atomic mass is 16.5. The molecule has 5 nitrogen and oxygen atoms in total. The van der Waals surface area contributed by atoms with Crippen LogP contribution >= 0.6 is 0 Å². The Morgan fingerprint density at radius 3 is 2.52 bits per heavy atom. The number of amides is 1. The van der Waals surface area contributed by atoms with Crippen molar-refractivity contribution in [2.24, 2.45) is 0 Å². The number of nitrogens with zero attached hydrogens (tertiary/aromatic N) is 2. The smallest absolute Gasteiger partial charge is 0.275 e. The predicted octanol–water partition coefficient (Wildman–Crippen LogP) is 3.43. The monoisotopic (exact) mass is 308 g/mol. The van der Waals surface area contributed by atoms with Gasteiger partial charge in [-0.15, -0.1) is 0 Å². The molecule has 2 aromatic carbocycles. The molecule has 0 atom stereocenters. The van der Waals surface area contributed by atoms with Crippen LogP contribution in [-0.2, 0) is 0 Å². The molecule has 0 radical (unpaired) electrons. The average molecular weight is 308 g/mol. The van der Waals surface area contributed by atoms with Crippen LogP contribution in [0.25, 0.3) is 10.8 Å². The quantitative estimate of drug-likeness (QED) is 0.805. The van der Waals surface area contributed by atoms with Crippen molar-refractivity contribution in [1.82, 2.24) is 9.88 Å². The van der Waals surface area contributed by atoms with Gasteiger partial charge in [0.15, 0.2) is 11.4 Å². The lowest BCUT2D eigenvalue weighted by Crippen LogP contribution is -2.22. The number of benzene rings is 2. The van der Waals surface area contributed by atoms with Crippen LogP contribution in [0.4, 0.5) is 0 Å². The summed E-state index contributed by atoms with van der Waals surface area (Å²) in [5, 5.41) is 11.6. The van der Waals surface area contributed by atoms with Gasteiger partial charge in [-0.3, -0.25) is 4.79 Å². The molecule has 3 rings (SSSR count). The summed E-state index contributed by atoms with van der Waals surface area (Å²) in [6, 6.07) is 14.7. The number of carbonyl (C=O) groups excluding carboxylic acids is 1. The highest BCUT2D eigenvalue weighted by molar-refractivity contribution is 6.01. The molecule has 0 aliphatic carbocycles. The van der Waals surface area contributed by atoms with E-state index in [1.165, 1.54) is 4.90 Å². The van der Waals surface area contributed by atoms with Crippen LogP contribution in [0.15, 0.2) is 54.7 Å². The fourth-order valence-corrected chi connectivity index (χ4v) is 2.24. The zero-order valence-electron chi connectivity index (χ0n) is 12.9. The second-order valence-electron chi connectivity index (χ2n) is 5.32. The summed E-state index contributed by atoms with van der Waals surface area (Å²) in [5.74, 6) is 0.904. The van der Waals surface area contributed by atoms with Crippen LogP contribution in [0, 0.1) is 0 Å². The molecule has 1 N–H and O–H groups in total. The van der Waals surface area contributed by atoms with Crippen LogP contribution in [0.1, 0.15) is 10.5 Å². The number of aromatic hydroxyl groups is 1. The minimum absolute atomic E-state index is 0.0410. The van der Waals surface area contributed by atoms with Gasteiger partial charge in [0.25, 0.3) is 5.91 Å². The van der Waals surface area contributed by atoms with Gasteiger partial charge in [-0.25, -0.2) is 4.98 Å². The summed E-state index contributed by atoms with van der Waals surface area (Å²) in [6.45, 7) is 0. The fourth-order valence-electron chi connectivity index (χ4n) is 2.24. The minimum Gasteiger partial charge on any atom is -0.505 e. The van der Waals surface area contributed by atoms with E-state index in [1.54, 1.807) is 38.5 Å². The Labute approximate surface area is 133 Å². The summed E-state index contributed by atoms with van der Waals surface area (Å²) < 4.78 is 5.76. The highest BCUT2D eigenvalue weighted by Gasteiger charge is 2.17. The first-order valence-electron chi connectivity index (χ1n) is 7.12. The summed E-state index contributed by atoms with van der Waals surface area (Å²) in [5.41, 5.74) is 0.0410. The maximum Gasteiger partial charge on any atom is 0.275 e. The molecule has 1 heterocycles. The summed E-state index contributed by atoms with van der Waals surface area (Å²) >= 11 is 0. The molecule has 3 aromatic rings.